The predicted molar refractivity (Wildman–Crippen MR) is 83.2 cm³/mol. The second kappa shape index (κ2) is 6.89. The zero-order chi connectivity index (χ0) is 15.4. The molecule has 1 heterocycles. The summed E-state index contributed by atoms with van der Waals surface area (Å²) >= 11 is 0. The van der Waals surface area contributed by atoms with E-state index in [1.165, 1.54) is 12.5 Å². The van der Waals surface area contributed by atoms with Gasteiger partial charge >= 0.3 is 0 Å². The van der Waals surface area contributed by atoms with Crippen LogP contribution in [0, 0.1) is 5.82 Å². The average molecular weight is 293 g/mol. The molecule has 1 unspecified atom stereocenters. The molecule has 1 aromatic carbocycles. The number of hydrogen-bond acceptors (Lipinski definition) is 3. The molecule has 116 valence electrons. The summed E-state index contributed by atoms with van der Waals surface area (Å²) in [6.45, 7) is 4.22. The molecule has 2 rings (SSSR count). The van der Waals surface area contributed by atoms with Gasteiger partial charge < -0.3 is 15.1 Å². The Balaban J connectivity index is 2.13. The minimum absolute atomic E-state index is 0.134. The highest BCUT2D eigenvalue weighted by Gasteiger charge is 2.25. The first kappa shape index (κ1) is 15.8. The summed E-state index contributed by atoms with van der Waals surface area (Å²) in [4.78, 5) is 16.6. The number of halogens is 1. The molecule has 1 aliphatic rings. The largest absolute Gasteiger partial charge is 0.382 e. The first-order valence-corrected chi connectivity index (χ1v) is 7.52. The Bertz CT molecular complexity index is 506. The Morgan fingerprint density at radius 2 is 2.29 bits per heavy atom. The van der Waals surface area contributed by atoms with Crippen LogP contribution in [0.25, 0.3) is 0 Å². The van der Waals surface area contributed by atoms with Crippen LogP contribution in [0.4, 0.5) is 10.1 Å². The van der Waals surface area contributed by atoms with Crippen molar-refractivity contribution >= 4 is 11.6 Å². The number of carbonyl (C=O) groups is 1. The molecule has 1 saturated heterocycles. The molecule has 0 aliphatic carbocycles. The summed E-state index contributed by atoms with van der Waals surface area (Å²) in [6, 6.07) is 5.03. The molecule has 21 heavy (non-hydrogen) atoms. The molecule has 0 radical (unpaired) electrons. The number of likely N-dealkylation sites (tertiary alicyclic amines) is 1. The van der Waals surface area contributed by atoms with E-state index in [-0.39, 0.29) is 11.7 Å². The van der Waals surface area contributed by atoms with Gasteiger partial charge in [0, 0.05) is 26.2 Å². The Morgan fingerprint density at radius 3 is 2.90 bits per heavy atom. The molecule has 1 N–H and O–H groups in total. The fraction of sp³-hybridized carbons (Fsp3) is 0.562. The van der Waals surface area contributed by atoms with Gasteiger partial charge in [0.15, 0.2) is 0 Å². The number of anilines is 1. The van der Waals surface area contributed by atoms with Crippen LogP contribution < -0.4 is 5.32 Å². The maximum absolute atomic E-state index is 13.9. The van der Waals surface area contributed by atoms with Crippen LogP contribution in [0.5, 0.6) is 0 Å². The van der Waals surface area contributed by atoms with Gasteiger partial charge in [-0.15, -0.1) is 0 Å². The average Bonchev–Trinajstić information content (AvgIpc) is 2.86. The van der Waals surface area contributed by atoms with Gasteiger partial charge in [-0.05, 0) is 45.5 Å². The predicted octanol–water partition coefficient (Wildman–Crippen LogP) is 2.42. The second-order valence-electron chi connectivity index (χ2n) is 5.66. The highest BCUT2D eigenvalue weighted by Crippen LogP contribution is 2.22. The lowest BCUT2D eigenvalue weighted by Crippen LogP contribution is -2.39. The van der Waals surface area contributed by atoms with E-state index < -0.39 is 0 Å². The summed E-state index contributed by atoms with van der Waals surface area (Å²) in [6.07, 6.45) is 2.28. The molecule has 4 nitrogen and oxygen atoms in total. The van der Waals surface area contributed by atoms with Crippen molar-refractivity contribution in [2.45, 2.75) is 25.8 Å². The van der Waals surface area contributed by atoms with E-state index in [2.05, 4.69) is 17.3 Å². The molecule has 0 saturated carbocycles. The highest BCUT2D eigenvalue weighted by molar-refractivity contribution is 5.99. The van der Waals surface area contributed by atoms with Crippen molar-refractivity contribution in [3.63, 3.8) is 0 Å². The highest BCUT2D eigenvalue weighted by atomic mass is 19.1. The molecular formula is C16H24FN3O. The summed E-state index contributed by atoms with van der Waals surface area (Å²) < 4.78 is 13.9. The van der Waals surface area contributed by atoms with E-state index >= 15 is 0 Å². The topological polar surface area (TPSA) is 35.6 Å². The number of benzene rings is 1. The van der Waals surface area contributed by atoms with Crippen molar-refractivity contribution in [1.29, 1.82) is 0 Å². The van der Waals surface area contributed by atoms with Gasteiger partial charge in [-0.2, -0.15) is 0 Å². The smallest absolute Gasteiger partial charge is 0.255 e. The fourth-order valence-electron chi connectivity index (χ4n) is 2.87. The van der Waals surface area contributed by atoms with E-state index in [0.29, 0.717) is 30.4 Å². The van der Waals surface area contributed by atoms with E-state index in [9.17, 15) is 9.18 Å². The van der Waals surface area contributed by atoms with Crippen molar-refractivity contribution in [2.24, 2.45) is 0 Å². The summed E-state index contributed by atoms with van der Waals surface area (Å²) in [5.41, 5.74) is 0.705. The van der Waals surface area contributed by atoms with Crippen LogP contribution in [-0.2, 0) is 0 Å². The molecule has 1 atom stereocenters. The van der Waals surface area contributed by atoms with Crippen LogP contribution in [0.3, 0.4) is 0 Å². The van der Waals surface area contributed by atoms with Crippen LogP contribution in [0.15, 0.2) is 18.2 Å². The molecular weight excluding hydrogens is 269 g/mol. The van der Waals surface area contributed by atoms with E-state index in [1.807, 2.05) is 6.92 Å². The number of likely N-dealkylation sites (N-methyl/N-ethyl adjacent to an activating group) is 2. The van der Waals surface area contributed by atoms with Gasteiger partial charge in [0.25, 0.3) is 5.91 Å². The van der Waals surface area contributed by atoms with Gasteiger partial charge in [0.1, 0.15) is 5.82 Å². The maximum atomic E-state index is 13.9. The van der Waals surface area contributed by atoms with Gasteiger partial charge in [0.05, 0.1) is 11.3 Å². The first-order chi connectivity index (χ1) is 10.0. The molecule has 1 aromatic rings. The third-order valence-electron chi connectivity index (χ3n) is 4.10. The Labute approximate surface area is 125 Å². The number of nitrogens with one attached hydrogen (secondary N) is 1. The minimum Gasteiger partial charge on any atom is -0.382 e. The fourth-order valence-corrected chi connectivity index (χ4v) is 2.87. The molecule has 0 bridgehead atoms. The van der Waals surface area contributed by atoms with Crippen molar-refractivity contribution < 1.29 is 9.18 Å². The van der Waals surface area contributed by atoms with Crippen molar-refractivity contribution in [3.05, 3.63) is 29.6 Å². The lowest BCUT2D eigenvalue weighted by molar-refractivity contribution is 0.0762. The van der Waals surface area contributed by atoms with Crippen LogP contribution in [-0.4, -0.2) is 55.5 Å². The third-order valence-corrected chi connectivity index (χ3v) is 4.10. The molecule has 1 amide bonds. The normalized spacial score (nSPS) is 18.8. The van der Waals surface area contributed by atoms with Gasteiger partial charge in [-0.25, -0.2) is 4.39 Å². The van der Waals surface area contributed by atoms with E-state index in [0.717, 1.165) is 13.0 Å². The van der Waals surface area contributed by atoms with E-state index in [4.69, 9.17) is 0 Å². The van der Waals surface area contributed by atoms with Crippen molar-refractivity contribution in [3.8, 4) is 0 Å². The molecule has 5 heteroatoms. The first-order valence-electron chi connectivity index (χ1n) is 7.52. The molecule has 0 spiro atoms. The number of carbonyl (C=O) groups excluding carboxylic acids is 1. The zero-order valence-electron chi connectivity index (χ0n) is 13.0. The van der Waals surface area contributed by atoms with Crippen molar-refractivity contribution in [1.82, 2.24) is 9.80 Å². The Morgan fingerprint density at radius 1 is 1.52 bits per heavy atom. The third kappa shape index (κ3) is 3.53. The minimum atomic E-state index is -0.380. The van der Waals surface area contributed by atoms with Gasteiger partial charge in [-0.3, -0.25) is 4.79 Å². The zero-order valence-corrected chi connectivity index (χ0v) is 13.0. The lowest BCUT2D eigenvalue weighted by Gasteiger charge is -2.26. The Kier molecular flexibility index (Phi) is 5.17. The quantitative estimate of drug-likeness (QED) is 0.905. The summed E-state index contributed by atoms with van der Waals surface area (Å²) in [5.74, 6) is -0.514. The maximum Gasteiger partial charge on any atom is 0.255 e. The number of hydrogen-bond donors (Lipinski definition) is 1. The number of amides is 1. The Hall–Kier alpha value is -1.62. The van der Waals surface area contributed by atoms with Gasteiger partial charge in [0.2, 0.25) is 0 Å². The van der Waals surface area contributed by atoms with Crippen LogP contribution in [0.1, 0.15) is 30.1 Å². The van der Waals surface area contributed by atoms with Crippen LogP contribution in [0.2, 0.25) is 0 Å². The standard InChI is InChI=1S/C16H24FN3O/c1-4-18-15-13(8-5-9-14(15)17)16(21)20(3)11-12-7-6-10-19(12)2/h5,8-9,12,18H,4,6-7,10-11H2,1-3H3. The van der Waals surface area contributed by atoms with E-state index in [1.54, 1.807) is 24.1 Å². The van der Waals surface area contributed by atoms with Crippen LogP contribution >= 0.6 is 0 Å². The molecule has 1 aliphatic heterocycles. The SMILES string of the molecule is CCNc1c(F)cccc1C(=O)N(C)CC1CCCN1C. The van der Waals surface area contributed by atoms with Crippen molar-refractivity contribution in [2.75, 3.05) is 39.0 Å². The number of nitrogens with zero attached hydrogens (tertiary/aromatic N) is 2. The van der Waals surface area contributed by atoms with Gasteiger partial charge in [-0.1, -0.05) is 6.07 Å². The summed E-state index contributed by atoms with van der Waals surface area (Å²) in [5, 5.41) is 2.95. The number of rotatable bonds is 5. The summed E-state index contributed by atoms with van der Waals surface area (Å²) in [7, 11) is 3.87. The second-order valence-corrected chi connectivity index (χ2v) is 5.66. The number of para-hydroxylation sites is 1. The molecule has 1 fully saturated rings. The molecule has 0 aromatic heterocycles. The monoisotopic (exact) mass is 293 g/mol. The lowest BCUT2D eigenvalue weighted by atomic mass is 10.1.